The maximum absolute atomic E-state index is 11.2. The molecule has 0 aromatic carbocycles. The lowest BCUT2D eigenvalue weighted by Gasteiger charge is -2.22. The molecule has 1 aliphatic rings. The van der Waals surface area contributed by atoms with Crippen LogP contribution in [0.4, 0.5) is 0 Å². The molecule has 1 atom stereocenters. The number of hydroxylamine groups is 1. The van der Waals surface area contributed by atoms with Crippen molar-refractivity contribution in [1.82, 2.24) is 10.8 Å². The quantitative estimate of drug-likeness (QED) is 0.463. The Balaban J connectivity index is 2.16. The molecular weight excluding hydrogens is 192 g/mol. The summed E-state index contributed by atoms with van der Waals surface area (Å²) < 4.78 is 5.10. The van der Waals surface area contributed by atoms with Crippen molar-refractivity contribution in [2.75, 3.05) is 26.3 Å². The molecule has 1 unspecified atom stereocenters. The predicted octanol–water partition coefficient (Wildman–Crippen LogP) is -1.89. The van der Waals surface area contributed by atoms with E-state index in [4.69, 9.17) is 9.84 Å². The molecule has 1 amide bonds. The van der Waals surface area contributed by atoms with Crippen molar-refractivity contribution in [2.45, 2.75) is 6.10 Å². The molecule has 1 rings (SSSR count). The Morgan fingerprint density at radius 3 is 3.00 bits per heavy atom. The van der Waals surface area contributed by atoms with Gasteiger partial charge in [-0.25, -0.2) is 10.3 Å². The van der Waals surface area contributed by atoms with Gasteiger partial charge >= 0.3 is 5.97 Å². The van der Waals surface area contributed by atoms with Crippen LogP contribution in [-0.2, 0) is 19.2 Å². The van der Waals surface area contributed by atoms with E-state index in [9.17, 15) is 9.59 Å². The molecule has 1 saturated heterocycles. The van der Waals surface area contributed by atoms with Crippen molar-refractivity contribution in [3.8, 4) is 0 Å². The second-order valence-corrected chi connectivity index (χ2v) is 2.71. The summed E-state index contributed by atoms with van der Waals surface area (Å²) in [5.74, 6) is -1.62. The van der Waals surface area contributed by atoms with Gasteiger partial charge in [-0.15, -0.1) is 0 Å². The van der Waals surface area contributed by atoms with E-state index in [1.165, 1.54) is 0 Å². The van der Waals surface area contributed by atoms with E-state index >= 15 is 0 Å². The van der Waals surface area contributed by atoms with Gasteiger partial charge in [-0.1, -0.05) is 0 Å². The van der Waals surface area contributed by atoms with Gasteiger partial charge in [0.05, 0.1) is 6.61 Å². The van der Waals surface area contributed by atoms with Gasteiger partial charge in [-0.05, 0) is 0 Å². The van der Waals surface area contributed by atoms with Gasteiger partial charge in [0.2, 0.25) is 0 Å². The van der Waals surface area contributed by atoms with Crippen LogP contribution in [0.5, 0.6) is 0 Å². The smallest absolute Gasteiger partial charge is 0.332 e. The van der Waals surface area contributed by atoms with Gasteiger partial charge in [0.15, 0.2) is 12.7 Å². The van der Waals surface area contributed by atoms with Crippen LogP contribution in [0.1, 0.15) is 0 Å². The second-order valence-electron chi connectivity index (χ2n) is 2.71. The molecule has 14 heavy (non-hydrogen) atoms. The molecule has 0 spiro atoms. The zero-order valence-electron chi connectivity index (χ0n) is 7.49. The largest absolute Gasteiger partial charge is 0.479 e. The van der Waals surface area contributed by atoms with Gasteiger partial charge in [-0.2, -0.15) is 0 Å². The number of aliphatic carboxylic acids is 1. The first-order chi connectivity index (χ1) is 6.70. The van der Waals surface area contributed by atoms with Crippen LogP contribution in [0.3, 0.4) is 0 Å². The number of hydrogen-bond acceptors (Lipinski definition) is 5. The molecule has 7 heteroatoms. The van der Waals surface area contributed by atoms with E-state index < -0.39 is 24.6 Å². The normalized spacial score (nSPS) is 21.6. The highest BCUT2D eigenvalue weighted by atomic mass is 16.7. The third-order valence-corrected chi connectivity index (χ3v) is 1.59. The van der Waals surface area contributed by atoms with E-state index in [-0.39, 0.29) is 0 Å². The van der Waals surface area contributed by atoms with Gasteiger partial charge in [0.1, 0.15) is 0 Å². The van der Waals surface area contributed by atoms with Gasteiger partial charge in [0.25, 0.3) is 5.91 Å². The van der Waals surface area contributed by atoms with Crippen molar-refractivity contribution in [3.63, 3.8) is 0 Å². The first kappa shape index (κ1) is 10.9. The number of carbonyl (C=O) groups is 2. The number of rotatable bonds is 4. The monoisotopic (exact) mass is 204 g/mol. The first-order valence-corrected chi connectivity index (χ1v) is 4.16. The third-order valence-electron chi connectivity index (χ3n) is 1.59. The van der Waals surface area contributed by atoms with Gasteiger partial charge in [-0.3, -0.25) is 9.63 Å². The number of carbonyl (C=O) groups excluding carboxylic acids is 1. The number of carboxylic acid groups (broad SMARTS) is 1. The number of morpholine rings is 1. The predicted molar refractivity (Wildman–Crippen MR) is 44.3 cm³/mol. The molecule has 0 radical (unpaired) electrons. The Bertz CT molecular complexity index is 214. The molecule has 1 fully saturated rings. The third kappa shape index (κ3) is 3.69. The Morgan fingerprint density at radius 1 is 1.64 bits per heavy atom. The average Bonchev–Trinajstić information content (AvgIpc) is 2.18. The summed E-state index contributed by atoms with van der Waals surface area (Å²) in [7, 11) is 0. The molecule has 0 bridgehead atoms. The molecule has 1 aliphatic heterocycles. The van der Waals surface area contributed by atoms with Crippen molar-refractivity contribution >= 4 is 11.9 Å². The number of carboxylic acids is 1. The van der Waals surface area contributed by atoms with Crippen LogP contribution in [0.25, 0.3) is 0 Å². The van der Waals surface area contributed by atoms with E-state index in [2.05, 4.69) is 10.2 Å². The van der Waals surface area contributed by atoms with Crippen LogP contribution in [-0.4, -0.2) is 49.4 Å². The van der Waals surface area contributed by atoms with E-state index in [1.54, 1.807) is 0 Å². The van der Waals surface area contributed by atoms with E-state index in [1.807, 2.05) is 5.48 Å². The molecule has 80 valence electrons. The number of ether oxygens (including phenoxy) is 1. The van der Waals surface area contributed by atoms with Crippen molar-refractivity contribution in [2.24, 2.45) is 0 Å². The second kappa shape index (κ2) is 5.53. The highest BCUT2D eigenvalue weighted by molar-refractivity contribution is 5.80. The summed E-state index contributed by atoms with van der Waals surface area (Å²) in [6.07, 6.45) is -0.613. The first-order valence-electron chi connectivity index (χ1n) is 4.16. The fraction of sp³-hybridized carbons (Fsp3) is 0.714. The summed E-state index contributed by atoms with van der Waals surface area (Å²) in [4.78, 5) is 25.6. The standard InChI is InChI=1S/C7H12N2O5/c10-6(11)4-14-9-7(12)5-3-8-1-2-13-5/h5,8H,1-4H2,(H,9,12)(H,10,11). The molecule has 3 N–H and O–H groups in total. The molecule has 7 nitrogen and oxygen atoms in total. The highest BCUT2D eigenvalue weighted by Crippen LogP contribution is 1.95. The van der Waals surface area contributed by atoms with Crippen LogP contribution in [0, 0.1) is 0 Å². The molecule has 0 aromatic rings. The summed E-state index contributed by atoms with van der Waals surface area (Å²) in [6.45, 7) is 1.00. The maximum atomic E-state index is 11.2. The SMILES string of the molecule is O=C(O)CONC(=O)C1CNCCO1. The minimum absolute atomic E-state index is 0.405. The van der Waals surface area contributed by atoms with Crippen LogP contribution in [0.15, 0.2) is 0 Å². The van der Waals surface area contributed by atoms with Crippen LogP contribution < -0.4 is 10.8 Å². The average molecular weight is 204 g/mol. The van der Waals surface area contributed by atoms with E-state index in [0.29, 0.717) is 19.7 Å². The lowest BCUT2D eigenvalue weighted by molar-refractivity contribution is -0.155. The zero-order valence-corrected chi connectivity index (χ0v) is 7.49. The van der Waals surface area contributed by atoms with E-state index in [0.717, 1.165) is 0 Å². The molecule has 1 heterocycles. The number of amides is 1. The summed E-state index contributed by atoms with van der Waals surface area (Å²) >= 11 is 0. The Labute approximate surface area is 80.3 Å². The molecule has 0 saturated carbocycles. The van der Waals surface area contributed by atoms with Gasteiger partial charge < -0.3 is 15.2 Å². The Morgan fingerprint density at radius 2 is 2.43 bits per heavy atom. The van der Waals surface area contributed by atoms with Crippen molar-refractivity contribution < 1.29 is 24.3 Å². The van der Waals surface area contributed by atoms with Crippen molar-refractivity contribution in [3.05, 3.63) is 0 Å². The Hall–Kier alpha value is -1.18. The van der Waals surface area contributed by atoms with Crippen molar-refractivity contribution in [1.29, 1.82) is 0 Å². The fourth-order valence-corrected chi connectivity index (χ4v) is 0.968. The number of hydrogen-bond donors (Lipinski definition) is 3. The maximum Gasteiger partial charge on any atom is 0.332 e. The lowest BCUT2D eigenvalue weighted by Crippen LogP contribution is -2.48. The topological polar surface area (TPSA) is 96.9 Å². The molecular formula is C7H12N2O5. The zero-order chi connectivity index (χ0) is 10.4. The summed E-state index contributed by atoms with van der Waals surface area (Å²) in [5.41, 5.74) is 2.00. The fourth-order valence-electron chi connectivity index (χ4n) is 0.968. The summed E-state index contributed by atoms with van der Waals surface area (Å²) in [5, 5.41) is 11.2. The van der Waals surface area contributed by atoms with Crippen LogP contribution >= 0.6 is 0 Å². The molecule has 0 aromatic heterocycles. The minimum atomic E-state index is -1.15. The Kier molecular flexibility index (Phi) is 4.30. The molecule has 0 aliphatic carbocycles. The number of nitrogens with one attached hydrogen (secondary N) is 2. The minimum Gasteiger partial charge on any atom is -0.479 e. The lowest BCUT2D eigenvalue weighted by atomic mass is 10.3. The van der Waals surface area contributed by atoms with Crippen LogP contribution in [0.2, 0.25) is 0 Å². The van der Waals surface area contributed by atoms with Gasteiger partial charge in [0, 0.05) is 13.1 Å². The highest BCUT2D eigenvalue weighted by Gasteiger charge is 2.21. The summed E-state index contributed by atoms with van der Waals surface area (Å²) in [6, 6.07) is 0.